The van der Waals surface area contributed by atoms with E-state index in [1.807, 2.05) is 36.4 Å². The summed E-state index contributed by atoms with van der Waals surface area (Å²) in [6, 6.07) is 26.6. The zero-order chi connectivity index (χ0) is 19.2. The Morgan fingerprint density at radius 3 is 2.14 bits per heavy atom. The van der Waals surface area contributed by atoms with E-state index in [1.165, 1.54) is 5.56 Å². The Balaban J connectivity index is 1.46. The molecular weight excluding hydrogens is 350 g/mol. The van der Waals surface area contributed by atoms with E-state index in [9.17, 15) is 5.11 Å². The van der Waals surface area contributed by atoms with E-state index >= 15 is 0 Å². The van der Waals surface area contributed by atoms with Gasteiger partial charge in [0.2, 0.25) is 6.79 Å². The number of aliphatic hydroxyl groups is 1. The second-order valence-electron chi connectivity index (χ2n) is 7.19. The van der Waals surface area contributed by atoms with E-state index in [0.717, 1.165) is 35.7 Å². The molecule has 0 unspecified atom stereocenters. The van der Waals surface area contributed by atoms with Gasteiger partial charge in [-0.1, -0.05) is 66.7 Å². The van der Waals surface area contributed by atoms with Crippen LogP contribution in [0.15, 0.2) is 78.9 Å². The summed E-state index contributed by atoms with van der Waals surface area (Å²) < 4.78 is 10.9. The van der Waals surface area contributed by atoms with E-state index in [-0.39, 0.29) is 6.79 Å². The molecular formula is C24H25NO3. The molecule has 0 aromatic heterocycles. The lowest BCUT2D eigenvalue weighted by molar-refractivity contribution is 0.104. The van der Waals surface area contributed by atoms with E-state index in [0.29, 0.717) is 13.0 Å². The Hall–Kier alpha value is -2.82. The first-order valence-electron chi connectivity index (χ1n) is 9.63. The van der Waals surface area contributed by atoms with Gasteiger partial charge in [-0.05, 0) is 35.2 Å². The van der Waals surface area contributed by atoms with Crippen LogP contribution in [0.5, 0.6) is 11.5 Å². The van der Waals surface area contributed by atoms with Crippen molar-refractivity contribution in [2.24, 2.45) is 0 Å². The summed E-state index contributed by atoms with van der Waals surface area (Å²) in [5.74, 6) is 1.59. The van der Waals surface area contributed by atoms with Crippen molar-refractivity contribution in [2.75, 3.05) is 13.3 Å². The second-order valence-corrected chi connectivity index (χ2v) is 7.19. The summed E-state index contributed by atoms with van der Waals surface area (Å²) >= 11 is 0. The number of benzene rings is 3. The highest BCUT2D eigenvalue weighted by Crippen LogP contribution is 2.33. The summed E-state index contributed by atoms with van der Waals surface area (Å²) in [7, 11) is 0. The van der Waals surface area contributed by atoms with Crippen molar-refractivity contribution in [1.29, 1.82) is 0 Å². The van der Waals surface area contributed by atoms with Gasteiger partial charge in [0.25, 0.3) is 0 Å². The Kier molecular flexibility index (Phi) is 5.90. The topological polar surface area (TPSA) is 41.9 Å². The van der Waals surface area contributed by atoms with Gasteiger partial charge in [-0.2, -0.15) is 0 Å². The van der Waals surface area contributed by atoms with Crippen molar-refractivity contribution in [3.63, 3.8) is 0 Å². The molecule has 0 radical (unpaired) electrons. The van der Waals surface area contributed by atoms with Gasteiger partial charge >= 0.3 is 0 Å². The molecule has 0 saturated carbocycles. The first-order chi connectivity index (χ1) is 13.8. The van der Waals surface area contributed by atoms with Gasteiger partial charge < -0.3 is 14.6 Å². The molecule has 4 rings (SSSR count). The van der Waals surface area contributed by atoms with Gasteiger partial charge in [-0.25, -0.2) is 0 Å². The Labute approximate surface area is 166 Å². The first kappa shape index (κ1) is 18.5. The third-order valence-electron chi connectivity index (χ3n) is 4.88. The monoisotopic (exact) mass is 375 g/mol. The summed E-state index contributed by atoms with van der Waals surface area (Å²) in [5.41, 5.74) is 3.53. The standard InChI is InChI=1S/C24H25NO3/c26-22(13-19-7-3-1-4-8-19)17-25(15-20-9-5-2-6-10-20)16-21-11-12-23-24(14-21)28-18-27-23/h1-12,14,22,26H,13,15-18H2/t22-/m1/s1. The van der Waals surface area contributed by atoms with E-state index in [1.54, 1.807) is 0 Å². The molecule has 0 amide bonds. The van der Waals surface area contributed by atoms with Crippen LogP contribution in [0.2, 0.25) is 0 Å². The zero-order valence-corrected chi connectivity index (χ0v) is 15.8. The van der Waals surface area contributed by atoms with Gasteiger partial charge in [-0.3, -0.25) is 4.90 Å². The Bertz CT molecular complexity index is 883. The van der Waals surface area contributed by atoms with Crippen molar-refractivity contribution in [3.05, 3.63) is 95.6 Å². The summed E-state index contributed by atoms with van der Waals surface area (Å²) in [4.78, 5) is 2.28. The number of fused-ring (bicyclic) bond motifs is 1. The molecule has 1 heterocycles. The predicted molar refractivity (Wildman–Crippen MR) is 109 cm³/mol. The number of rotatable bonds is 8. The van der Waals surface area contributed by atoms with Crippen LogP contribution in [-0.4, -0.2) is 29.4 Å². The average Bonchev–Trinajstić information content (AvgIpc) is 3.17. The molecule has 3 aromatic carbocycles. The smallest absolute Gasteiger partial charge is 0.231 e. The molecule has 0 aliphatic carbocycles. The minimum absolute atomic E-state index is 0.280. The van der Waals surface area contributed by atoms with Gasteiger partial charge in [0.15, 0.2) is 11.5 Å². The molecule has 1 N–H and O–H groups in total. The van der Waals surface area contributed by atoms with Crippen LogP contribution in [0.3, 0.4) is 0 Å². The van der Waals surface area contributed by atoms with Crippen LogP contribution in [0.4, 0.5) is 0 Å². The fourth-order valence-corrected chi connectivity index (χ4v) is 3.57. The number of aliphatic hydroxyl groups excluding tert-OH is 1. The molecule has 1 aliphatic rings. The molecule has 4 nitrogen and oxygen atoms in total. The lowest BCUT2D eigenvalue weighted by Crippen LogP contribution is -2.33. The lowest BCUT2D eigenvalue weighted by atomic mass is 10.1. The average molecular weight is 375 g/mol. The molecule has 0 spiro atoms. The third kappa shape index (κ3) is 4.91. The summed E-state index contributed by atoms with van der Waals surface area (Å²) in [6.07, 6.45) is 0.216. The van der Waals surface area contributed by atoms with Crippen molar-refractivity contribution in [3.8, 4) is 11.5 Å². The molecule has 1 aliphatic heterocycles. The van der Waals surface area contributed by atoms with Gasteiger partial charge in [-0.15, -0.1) is 0 Å². The van der Waals surface area contributed by atoms with Crippen LogP contribution in [0, 0.1) is 0 Å². The molecule has 0 bridgehead atoms. The number of nitrogens with zero attached hydrogens (tertiary/aromatic N) is 1. The van der Waals surface area contributed by atoms with Crippen LogP contribution < -0.4 is 9.47 Å². The molecule has 4 heteroatoms. The second kappa shape index (κ2) is 8.91. The van der Waals surface area contributed by atoms with E-state index in [2.05, 4.69) is 47.4 Å². The highest BCUT2D eigenvalue weighted by Gasteiger charge is 2.17. The fourth-order valence-electron chi connectivity index (χ4n) is 3.57. The first-order valence-corrected chi connectivity index (χ1v) is 9.63. The predicted octanol–water partition coefficient (Wildman–Crippen LogP) is 4.02. The molecule has 0 fully saturated rings. The van der Waals surface area contributed by atoms with Crippen LogP contribution in [0.1, 0.15) is 16.7 Å². The Morgan fingerprint density at radius 1 is 0.750 bits per heavy atom. The summed E-state index contributed by atoms with van der Waals surface area (Å²) in [6.45, 7) is 2.39. The van der Waals surface area contributed by atoms with Crippen molar-refractivity contribution in [1.82, 2.24) is 4.90 Å². The minimum atomic E-state index is -0.430. The minimum Gasteiger partial charge on any atom is -0.454 e. The van der Waals surface area contributed by atoms with Crippen molar-refractivity contribution in [2.45, 2.75) is 25.6 Å². The molecule has 3 aromatic rings. The fraction of sp³-hybridized carbons (Fsp3) is 0.250. The largest absolute Gasteiger partial charge is 0.454 e. The van der Waals surface area contributed by atoms with Crippen LogP contribution in [-0.2, 0) is 19.5 Å². The number of hydrogen-bond acceptors (Lipinski definition) is 4. The number of hydrogen-bond donors (Lipinski definition) is 1. The SMILES string of the molecule is O[C@H](Cc1ccccc1)CN(Cc1ccccc1)Cc1ccc2c(c1)OCO2. The maximum absolute atomic E-state index is 10.7. The van der Waals surface area contributed by atoms with Crippen LogP contribution in [0.25, 0.3) is 0 Å². The van der Waals surface area contributed by atoms with Gasteiger partial charge in [0, 0.05) is 19.6 Å². The zero-order valence-electron chi connectivity index (χ0n) is 15.8. The molecule has 144 valence electrons. The van der Waals surface area contributed by atoms with Crippen LogP contribution >= 0.6 is 0 Å². The van der Waals surface area contributed by atoms with Crippen molar-refractivity contribution < 1.29 is 14.6 Å². The number of ether oxygens (including phenoxy) is 2. The maximum atomic E-state index is 10.7. The van der Waals surface area contributed by atoms with E-state index < -0.39 is 6.10 Å². The Morgan fingerprint density at radius 2 is 1.39 bits per heavy atom. The van der Waals surface area contributed by atoms with Gasteiger partial charge in [0.1, 0.15) is 0 Å². The maximum Gasteiger partial charge on any atom is 0.231 e. The van der Waals surface area contributed by atoms with E-state index in [4.69, 9.17) is 9.47 Å². The van der Waals surface area contributed by atoms with Gasteiger partial charge in [0.05, 0.1) is 6.10 Å². The normalized spacial score (nSPS) is 13.6. The third-order valence-corrected chi connectivity index (χ3v) is 4.88. The molecule has 0 saturated heterocycles. The molecule has 28 heavy (non-hydrogen) atoms. The molecule has 1 atom stereocenters. The quantitative estimate of drug-likeness (QED) is 0.646. The summed E-state index contributed by atoms with van der Waals surface area (Å²) in [5, 5.41) is 10.7. The highest BCUT2D eigenvalue weighted by atomic mass is 16.7. The highest BCUT2D eigenvalue weighted by molar-refractivity contribution is 5.44. The van der Waals surface area contributed by atoms with Crippen molar-refractivity contribution >= 4 is 0 Å². The lowest BCUT2D eigenvalue weighted by Gasteiger charge is -2.25.